The minimum Gasteiger partial charge on any atom is -0.368 e. The molecule has 182 valence electrons. The van der Waals surface area contributed by atoms with Crippen molar-refractivity contribution in [1.82, 2.24) is 14.7 Å². The van der Waals surface area contributed by atoms with Crippen LogP contribution >= 0.6 is 11.8 Å². The van der Waals surface area contributed by atoms with Crippen molar-refractivity contribution in [2.45, 2.75) is 84.6 Å². The monoisotopic (exact) mass is 458 g/mol. The zero-order chi connectivity index (χ0) is 24.4. The van der Waals surface area contributed by atoms with Gasteiger partial charge < -0.3 is 20.4 Å². The zero-order valence-electron chi connectivity index (χ0n) is 21.2. The van der Waals surface area contributed by atoms with Gasteiger partial charge in [0.1, 0.15) is 12.1 Å². The molecule has 0 aromatic carbocycles. The van der Waals surface area contributed by atoms with Crippen molar-refractivity contribution < 1.29 is 14.4 Å². The highest BCUT2D eigenvalue weighted by Gasteiger charge is 2.35. The van der Waals surface area contributed by atoms with E-state index in [9.17, 15) is 14.4 Å². The van der Waals surface area contributed by atoms with Crippen LogP contribution in [-0.4, -0.2) is 88.7 Å². The summed E-state index contributed by atoms with van der Waals surface area (Å²) in [6, 6.07) is -1.32. The van der Waals surface area contributed by atoms with Gasteiger partial charge in [-0.2, -0.15) is 11.8 Å². The average molecular weight is 459 g/mol. The molecule has 0 heterocycles. The minimum absolute atomic E-state index is 0.0594. The number of likely N-dealkylation sites (N-methyl/N-ethyl adjacent to an activating group) is 2. The van der Waals surface area contributed by atoms with Crippen molar-refractivity contribution in [3.63, 3.8) is 0 Å². The third-order valence-corrected chi connectivity index (χ3v) is 6.97. The predicted molar refractivity (Wildman–Crippen MR) is 131 cm³/mol. The van der Waals surface area contributed by atoms with Crippen molar-refractivity contribution in [1.29, 1.82) is 0 Å². The van der Waals surface area contributed by atoms with E-state index in [0.717, 1.165) is 26.1 Å². The Morgan fingerprint density at radius 1 is 0.968 bits per heavy atom. The Kier molecular flexibility index (Phi) is 13.4. The highest BCUT2D eigenvalue weighted by Crippen LogP contribution is 2.28. The van der Waals surface area contributed by atoms with Gasteiger partial charge in [0.25, 0.3) is 0 Å². The molecule has 0 aromatic rings. The lowest BCUT2D eigenvalue weighted by atomic mass is 10.0. The second-order valence-electron chi connectivity index (χ2n) is 9.30. The van der Waals surface area contributed by atoms with Gasteiger partial charge in [-0.1, -0.05) is 34.6 Å². The summed E-state index contributed by atoms with van der Waals surface area (Å²) in [5, 5.41) is 0. The Hall–Kier alpha value is -1.28. The van der Waals surface area contributed by atoms with Crippen LogP contribution in [0.25, 0.3) is 0 Å². The van der Waals surface area contributed by atoms with E-state index in [1.54, 1.807) is 30.8 Å². The van der Waals surface area contributed by atoms with Crippen molar-refractivity contribution in [2.24, 2.45) is 11.7 Å². The number of hydrogen-bond acceptors (Lipinski definition) is 5. The fourth-order valence-electron chi connectivity index (χ4n) is 3.55. The van der Waals surface area contributed by atoms with Crippen LogP contribution in [0.5, 0.6) is 0 Å². The lowest BCUT2D eigenvalue weighted by molar-refractivity contribution is -0.146. The van der Waals surface area contributed by atoms with E-state index in [1.807, 2.05) is 20.8 Å². The highest BCUT2D eigenvalue weighted by molar-refractivity contribution is 8.00. The van der Waals surface area contributed by atoms with E-state index in [1.165, 1.54) is 4.90 Å². The van der Waals surface area contributed by atoms with Crippen LogP contribution < -0.4 is 5.73 Å². The maximum Gasteiger partial charge on any atom is 0.246 e. The maximum absolute atomic E-state index is 13.5. The summed E-state index contributed by atoms with van der Waals surface area (Å²) < 4.78 is -0.0845. The van der Waals surface area contributed by atoms with Crippen LogP contribution in [0.4, 0.5) is 0 Å². The zero-order valence-corrected chi connectivity index (χ0v) is 22.1. The molecular weight excluding hydrogens is 412 g/mol. The molecule has 0 unspecified atom stereocenters. The molecule has 8 heteroatoms. The Labute approximate surface area is 194 Å². The number of rotatable bonds is 15. The number of primary amides is 1. The molecule has 31 heavy (non-hydrogen) atoms. The molecule has 0 bridgehead atoms. The first-order chi connectivity index (χ1) is 14.3. The largest absolute Gasteiger partial charge is 0.368 e. The molecule has 0 saturated carbocycles. The minimum atomic E-state index is -0.682. The summed E-state index contributed by atoms with van der Waals surface area (Å²) in [5.74, 6) is -0.122. The molecule has 3 amide bonds. The number of nitrogens with two attached hydrogens (primary N) is 1. The molecular formula is C23H46N4O3S. The summed E-state index contributed by atoms with van der Waals surface area (Å²) >= 11 is 1.69. The Balaban J connectivity index is 5.66. The fraction of sp³-hybridized carbons (Fsp3) is 0.870. The van der Waals surface area contributed by atoms with E-state index >= 15 is 0 Å². The van der Waals surface area contributed by atoms with Gasteiger partial charge in [0.05, 0.1) is 0 Å². The number of carbonyl (C=O) groups is 3. The topological polar surface area (TPSA) is 87.0 Å². The number of carbonyl (C=O) groups excluding carboxylic acids is 3. The van der Waals surface area contributed by atoms with Gasteiger partial charge in [-0.15, -0.1) is 0 Å². The summed E-state index contributed by atoms with van der Waals surface area (Å²) in [4.78, 5) is 43.5. The third-order valence-electron chi connectivity index (χ3n) is 5.58. The third kappa shape index (κ3) is 10.3. The van der Waals surface area contributed by atoms with Gasteiger partial charge in [0.2, 0.25) is 17.7 Å². The normalized spacial score (nSPS) is 13.9. The fourth-order valence-corrected chi connectivity index (χ4v) is 4.80. The van der Waals surface area contributed by atoms with E-state index in [-0.39, 0.29) is 22.5 Å². The predicted octanol–water partition coefficient (Wildman–Crippen LogP) is 2.83. The number of hydrogen-bond donors (Lipinski definition) is 1. The Morgan fingerprint density at radius 3 is 1.94 bits per heavy atom. The van der Waals surface area contributed by atoms with E-state index < -0.39 is 18.0 Å². The summed E-state index contributed by atoms with van der Waals surface area (Å²) in [5.41, 5.74) is 5.61. The van der Waals surface area contributed by atoms with Crippen LogP contribution in [0, 0.1) is 5.92 Å². The molecule has 0 spiro atoms. The molecule has 0 rings (SSSR count). The van der Waals surface area contributed by atoms with Crippen molar-refractivity contribution in [2.75, 3.05) is 39.5 Å². The Morgan fingerprint density at radius 2 is 1.52 bits per heavy atom. The second-order valence-corrected chi connectivity index (χ2v) is 11.0. The number of thioether (sulfide) groups is 1. The molecule has 2 N–H and O–H groups in total. The first-order valence-corrected chi connectivity index (χ1v) is 12.5. The van der Waals surface area contributed by atoms with Crippen LogP contribution in [0.2, 0.25) is 0 Å². The smallest absolute Gasteiger partial charge is 0.246 e. The summed E-state index contributed by atoms with van der Waals surface area (Å²) in [6.45, 7) is 17.4. The van der Waals surface area contributed by atoms with Gasteiger partial charge in [-0.25, -0.2) is 0 Å². The molecule has 0 radical (unpaired) electrons. The van der Waals surface area contributed by atoms with E-state index in [4.69, 9.17) is 5.73 Å². The van der Waals surface area contributed by atoms with Gasteiger partial charge >= 0.3 is 0 Å². The van der Waals surface area contributed by atoms with Crippen LogP contribution in [0.3, 0.4) is 0 Å². The van der Waals surface area contributed by atoms with Crippen molar-refractivity contribution in [3.8, 4) is 0 Å². The molecule has 0 aliphatic carbocycles. The lowest BCUT2D eigenvalue weighted by Gasteiger charge is -2.37. The van der Waals surface area contributed by atoms with E-state index in [2.05, 4.69) is 32.6 Å². The second kappa shape index (κ2) is 14.0. The highest BCUT2D eigenvalue weighted by atomic mass is 32.2. The van der Waals surface area contributed by atoms with E-state index in [0.29, 0.717) is 18.6 Å². The summed E-state index contributed by atoms with van der Waals surface area (Å²) in [7, 11) is 3.31. The quantitative estimate of drug-likeness (QED) is 0.408. The number of nitrogens with zero attached hydrogens (tertiary/aromatic N) is 3. The van der Waals surface area contributed by atoms with Gasteiger partial charge in [-0.05, 0) is 45.7 Å². The molecule has 0 aromatic heterocycles. The first kappa shape index (κ1) is 29.7. The van der Waals surface area contributed by atoms with Crippen LogP contribution in [0.15, 0.2) is 0 Å². The maximum atomic E-state index is 13.5. The van der Waals surface area contributed by atoms with Crippen molar-refractivity contribution >= 4 is 29.5 Å². The molecule has 0 aliphatic rings. The average Bonchev–Trinajstić information content (AvgIpc) is 2.69. The van der Waals surface area contributed by atoms with Crippen LogP contribution in [-0.2, 0) is 14.4 Å². The molecule has 7 nitrogen and oxygen atoms in total. The van der Waals surface area contributed by atoms with Crippen LogP contribution in [0.1, 0.15) is 67.7 Å². The van der Waals surface area contributed by atoms with Gasteiger partial charge in [0.15, 0.2) is 0 Å². The molecule has 0 aliphatic heterocycles. The van der Waals surface area contributed by atoms with Gasteiger partial charge in [-0.3, -0.25) is 14.4 Å². The molecule has 0 saturated heterocycles. The SMILES string of the molecule is CCCC(=O)N(C)[C@H](CSC(C)(C)CN(CC)CC)C(=O)N(C)[C@@H](CC(C)C)C(N)=O. The van der Waals surface area contributed by atoms with Crippen molar-refractivity contribution in [3.05, 3.63) is 0 Å². The lowest BCUT2D eigenvalue weighted by Crippen LogP contribution is -2.55. The number of amides is 3. The summed E-state index contributed by atoms with van der Waals surface area (Å²) in [6.07, 6.45) is 1.61. The first-order valence-electron chi connectivity index (χ1n) is 11.5. The standard InChI is InChI=1S/C23H46N4O3S/c1-10-13-20(28)25(8)19(15-31-23(6,7)16-27(11-2)12-3)22(30)26(9)18(21(24)29)14-17(4)5/h17-19H,10-16H2,1-9H3,(H2,24,29)/t18-,19+/m0/s1. The van der Waals surface area contributed by atoms with Gasteiger partial charge in [0, 0.05) is 37.6 Å². The Bertz CT molecular complexity index is 579. The molecule has 0 fully saturated rings. The molecule has 2 atom stereocenters.